The van der Waals surface area contributed by atoms with Crippen LogP contribution in [0.1, 0.15) is 45.2 Å². The fourth-order valence-electron chi connectivity index (χ4n) is 3.47. The molecule has 0 bridgehead atoms. The number of nitrogens with one attached hydrogen (secondary N) is 2. The zero-order valence-electron chi connectivity index (χ0n) is 17.5. The first kappa shape index (κ1) is 20.9. The third-order valence-electron chi connectivity index (χ3n) is 4.98. The first-order valence-corrected chi connectivity index (χ1v) is 9.89. The van der Waals surface area contributed by atoms with Gasteiger partial charge in [-0.3, -0.25) is 9.59 Å². The number of aromatic nitrogens is 2. The van der Waals surface area contributed by atoms with Crippen LogP contribution >= 0.6 is 0 Å². The topological polar surface area (TPSA) is 88.5 Å². The second-order valence-corrected chi connectivity index (χ2v) is 7.56. The van der Waals surface area contributed by atoms with Crippen molar-refractivity contribution in [2.45, 2.75) is 32.7 Å². The average Bonchev–Trinajstić information content (AvgIpc) is 3.08. The lowest BCUT2D eigenvalue weighted by Crippen LogP contribution is -2.32. The summed E-state index contributed by atoms with van der Waals surface area (Å²) in [5.41, 5.74) is 2.78. The van der Waals surface area contributed by atoms with Gasteiger partial charge in [-0.2, -0.15) is 0 Å². The minimum Gasteiger partial charge on any atom is -0.495 e. The van der Waals surface area contributed by atoms with Crippen LogP contribution in [0.15, 0.2) is 18.2 Å². The molecule has 8 heteroatoms. The molecule has 1 aromatic carbocycles. The van der Waals surface area contributed by atoms with Crippen LogP contribution in [0.2, 0.25) is 0 Å². The minimum atomic E-state index is -0.343. The van der Waals surface area contributed by atoms with Gasteiger partial charge in [-0.15, -0.1) is 0 Å². The van der Waals surface area contributed by atoms with Gasteiger partial charge in [-0.05, 0) is 58.0 Å². The number of ether oxygens (including phenoxy) is 1. The summed E-state index contributed by atoms with van der Waals surface area (Å²) in [7, 11) is 5.47. The molecule has 0 aliphatic carbocycles. The number of carbonyl (C=O) groups is 2. The molecule has 8 nitrogen and oxygen atoms in total. The Labute approximate surface area is 171 Å². The molecule has 29 heavy (non-hydrogen) atoms. The molecule has 1 aliphatic heterocycles. The lowest BCUT2D eigenvalue weighted by Gasteiger charge is -2.17. The summed E-state index contributed by atoms with van der Waals surface area (Å²) in [6.45, 7) is 3.89. The Hall–Kier alpha value is -2.87. The van der Waals surface area contributed by atoms with Crippen molar-refractivity contribution in [3.05, 3.63) is 41.0 Å². The number of anilines is 1. The molecule has 0 spiro atoms. The predicted molar refractivity (Wildman–Crippen MR) is 112 cm³/mol. The molecule has 1 aliphatic rings. The molecule has 2 heterocycles. The van der Waals surface area contributed by atoms with Crippen LogP contribution in [0, 0.1) is 6.92 Å². The largest absolute Gasteiger partial charge is 0.495 e. The summed E-state index contributed by atoms with van der Waals surface area (Å²) in [6.07, 6.45) is 2.68. The molecule has 3 rings (SSSR count). The number of hydrogen-bond acceptors (Lipinski definition) is 5. The van der Waals surface area contributed by atoms with Gasteiger partial charge in [0.25, 0.3) is 11.8 Å². The number of methoxy groups -OCH3 is 1. The Morgan fingerprint density at radius 3 is 2.76 bits per heavy atom. The molecule has 2 amide bonds. The molecule has 0 atom stereocenters. The predicted octanol–water partition coefficient (Wildman–Crippen LogP) is 2.08. The number of likely N-dealkylation sites (N-methyl/N-ethyl adjacent to an activating group) is 1. The Kier molecular flexibility index (Phi) is 6.53. The molecule has 156 valence electrons. The number of amides is 2. The van der Waals surface area contributed by atoms with Crippen molar-refractivity contribution in [1.29, 1.82) is 0 Å². The highest BCUT2D eigenvalue weighted by molar-refractivity contribution is 6.04. The van der Waals surface area contributed by atoms with Crippen LogP contribution in [0.25, 0.3) is 0 Å². The maximum absolute atomic E-state index is 13.0. The highest BCUT2D eigenvalue weighted by atomic mass is 16.5. The molecule has 0 radical (unpaired) electrons. The molecule has 2 aromatic rings. The van der Waals surface area contributed by atoms with Gasteiger partial charge in [-0.25, -0.2) is 4.98 Å². The average molecular weight is 399 g/mol. The second kappa shape index (κ2) is 9.09. The van der Waals surface area contributed by atoms with E-state index in [0.717, 1.165) is 37.1 Å². The van der Waals surface area contributed by atoms with Crippen molar-refractivity contribution in [3.8, 4) is 5.75 Å². The van der Waals surface area contributed by atoms with Crippen molar-refractivity contribution in [3.63, 3.8) is 0 Å². The monoisotopic (exact) mass is 399 g/mol. The van der Waals surface area contributed by atoms with Gasteiger partial charge in [0.2, 0.25) is 0 Å². The van der Waals surface area contributed by atoms with E-state index in [1.54, 1.807) is 7.11 Å². The van der Waals surface area contributed by atoms with E-state index >= 15 is 0 Å². The molecule has 0 fully saturated rings. The minimum absolute atomic E-state index is 0.232. The van der Waals surface area contributed by atoms with Gasteiger partial charge in [0.05, 0.1) is 18.5 Å². The Morgan fingerprint density at radius 1 is 1.24 bits per heavy atom. The molecule has 2 N–H and O–H groups in total. The third-order valence-corrected chi connectivity index (χ3v) is 4.98. The summed E-state index contributed by atoms with van der Waals surface area (Å²) >= 11 is 0. The van der Waals surface area contributed by atoms with Crippen molar-refractivity contribution >= 4 is 17.5 Å². The second-order valence-electron chi connectivity index (χ2n) is 7.56. The number of carbonyl (C=O) groups excluding carboxylic acids is 2. The van der Waals surface area contributed by atoms with Crippen molar-refractivity contribution in [2.75, 3.05) is 39.6 Å². The molecule has 1 aromatic heterocycles. The fourth-order valence-corrected chi connectivity index (χ4v) is 3.47. The van der Waals surface area contributed by atoms with E-state index in [9.17, 15) is 9.59 Å². The number of aryl methyl sites for hydroxylation is 1. The van der Waals surface area contributed by atoms with E-state index in [4.69, 9.17) is 4.74 Å². The van der Waals surface area contributed by atoms with E-state index in [1.807, 2.05) is 48.7 Å². The summed E-state index contributed by atoms with van der Waals surface area (Å²) < 4.78 is 7.22. The standard InChI is InChI=1S/C21H29N5O3/c1-14-8-9-17(29-4)15(13-14)23-21(28)19-24-18(16-7-5-6-11-26(16)19)20(27)22-10-12-25(2)3/h8-9,13H,5-7,10-12H2,1-4H3,(H,22,27)(H,23,28). The number of benzene rings is 1. The normalized spacial score (nSPS) is 13.1. The molecule has 0 saturated heterocycles. The van der Waals surface area contributed by atoms with Gasteiger partial charge in [-0.1, -0.05) is 6.07 Å². The van der Waals surface area contributed by atoms with E-state index < -0.39 is 0 Å². The number of hydrogen-bond donors (Lipinski definition) is 2. The van der Waals surface area contributed by atoms with E-state index in [-0.39, 0.29) is 17.6 Å². The number of rotatable bonds is 7. The lowest BCUT2D eigenvalue weighted by atomic mass is 10.1. The lowest BCUT2D eigenvalue weighted by molar-refractivity contribution is 0.0945. The van der Waals surface area contributed by atoms with Gasteiger partial charge in [0, 0.05) is 19.6 Å². The van der Waals surface area contributed by atoms with Gasteiger partial charge in [0.15, 0.2) is 5.82 Å². The number of nitrogens with zero attached hydrogens (tertiary/aromatic N) is 3. The van der Waals surface area contributed by atoms with E-state index in [2.05, 4.69) is 15.6 Å². The van der Waals surface area contributed by atoms with Crippen molar-refractivity contribution in [2.24, 2.45) is 0 Å². The maximum atomic E-state index is 13.0. The van der Waals surface area contributed by atoms with Crippen LogP contribution in [0.3, 0.4) is 0 Å². The van der Waals surface area contributed by atoms with Crippen molar-refractivity contribution in [1.82, 2.24) is 19.8 Å². The van der Waals surface area contributed by atoms with Crippen LogP contribution in [-0.2, 0) is 13.0 Å². The van der Waals surface area contributed by atoms with Crippen LogP contribution in [0.4, 0.5) is 5.69 Å². The van der Waals surface area contributed by atoms with Gasteiger partial charge < -0.3 is 24.8 Å². The van der Waals surface area contributed by atoms with Crippen molar-refractivity contribution < 1.29 is 14.3 Å². The third kappa shape index (κ3) is 4.76. The maximum Gasteiger partial charge on any atom is 0.291 e. The highest BCUT2D eigenvalue weighted by Crippen LogP contribution is 2.27. The highest BCUT2D eigenvalue weighted by Gasteiger charge is 2.27. The quantitative estimate of drug-likeness (QED) is 0.744. The Balaban J connectivity index is 1.86. The SMILES string of the molecule is COc1ccc(C)cc1NC(=O)c1nc(C(=O)NCCN(C)C)c2n1CCCC2. The van der Waals surface area contributed by atoms with Crippen LogP contribution in [0.5, 0.6) is 5.75 Å². The Morgan fingerprint density at radius 2 is 2.03 bits per heavy atom. The Bertz CT molecular complexity index is 904. The van der Waals surface area contributed by atoms with E-state index in [0.29, 0.717) is 30.2 Å². The summed E-state index contributed by atoms with van der Waals surface area (Å²) in [6, 6.07) is 5.59. The fraction of sp³-hybridized carbons (Fsp3) is 0.476. The molecule has 0 saturated carbocycles. The summed E-state index contributed by atoms with van der Waals surface area (Å²) in [5, 5.41) is 5.79. The summed E-state index contributed by atoms with van der Waals surface area (Å²) in [5.74, 6) is 0.270. The zero-order valence-corrected chi connectivity index (χ0v) is 17.5. The first-order chi connectivity index (χ1) is 13.9. The number of fused-ring (bicyclic) bond motifs is 1. The molecule has 0 unspecified atom stereocenters. The van der Waals surface area contributed by atoms with Crippen LogP contribution in [-0.4, -0.2) is 60.6 Å². The first-order valence-electron chi connectivity index (χ1n) is 9.89. The van der Waals surface area contributed by atoms with E-state index in [1.165, 1.54) is 0 Å². The van der Waals surface area contributed by atoms with Gasteiger partial charge >= 0.3 is 0 Å². The van der Waals surface area contributed by atoms with Gasteiger partial charge in [0.1, 0.15) is 11.4 Å². The smallest absolute Gasteiger partial charge is 0.291 e. The molecular weight excluding hydrogens is 370 g/mol. The molecular formula is C21H29N5O3. The number of imidazole rings is 1. The van der Waals surface area contributed by atoms with Crippen LogP contribution < -0.4 is 15.4 Å². The summed E-state index contributed by atoms with van der Waals surface area (Å²) in [4.78, 5) is 32.1. The zero-order chi connectivity index (χ0) is 21.0.